The van der Waals surface area contributed by atoms with E-state index in [1.165, 1.54) is 6.07 Å². The van der Waals surface area contributed by atoms with Gasteiger partial charge in [0.05, 0.1) is 12.1 Å². The lowest BCUT2D eigenvalue weighted by atomic mass is 10.1. The fourth-order valence-electron chi connectivity index (χ4n) is 3.47. The molecule has 0 spiro atoms. The lowest BCUT2D eigenvalue weighted by molar-refractivity contribution is -0.137. The third kappa shape index (κ3) is 5.17. The highest BCUT2D eigenvalue weighted by molar-refractivity contribution is 6.50. The van der Waals surface area contributed by atoms with Crippen LogP contribution in [0.3, 0.4) is 0 Å². The molecule has 6 N–H and O–H groups in total. The Morgan fingerprint density at radius 1 is 1.30 bits per heavy atom. The number of halogens is 3. The van der Waals surface area contributed by atoms with Gasteiger partial charge in [-0.15, -0.1) is 23.2 Å². The second-order valence-corrected chi connectivity index (χ2v) is 9.45. The molecule has 0 radical (unpaired) electrons. The Hall–Kier alpha value is -2.03. The predicted molar refractivity (Wildman–Crippen MR) is 115 cm³/mol. The Bertz CT molecular complexity index is 892. The molecule has 1 heterocycles. The first kappa shape index (κ1) is 22.7. The van der Waals surface area contributed by atoms with Gasteiger partial charge in [0.1, 0.15) is 10.4 Å². The van der Waals surface area contributed by atoms with Gasteiger partial charge in [0.2, 0.25) is 11.8 Å². The number of amides is 3. The van der Waals surface area contributed by atoms with Gasteiger partial charge in [-0.2, -0.15) is 0 Å². The Morgan fingerprint density at radius 2 is 2.00 bits per heavy atom. The van der Waals surface area contributed by atoms with Gasteiger partial charge in [-0.3, -0.25) is 14.4 Å². The number of anilines is 1. The van der Waals surface area contributed by atoms with Crippen LogP contribution in [0.1, 0.15) is 24.8 Å². The van der Waals surface area contributed by atoms with Gasteiger partial charge in [-0.1, -0.05) is 11.6 Å². The number of hydrogen-bond acceptors (Lipinski definition) is 4. The number of nitrogens with zero attached hydrogens (tertiary/aromatic N) is 1. The Labute approximate surface area is 188 Å². The van der Waals surface area contributed by atoms with Gasteiger partial charge in [-0.05, 0) is 37.5 Å². The molecule has 1 aliphatic heterocycles. The molecule has 2 atom stereocenters. The predicted octanol–water partition coefficient (Wildman–Crippen LogP) is 0.0864. The summed E-state index contributed by atoms with van der Waals surface area (Å²) in [6, 6.07) is 4.16. The maximum absolute atomic E-state index is 12.8. The van der Waals surface area contributed by atoms with E-state index in [4.69, 9.17) is 45.9 Å². The summed E-state index contributed by atoms with van der Waals surface area (Å²) >= 11 is 17.9. The monoisotopic (exact) mass is 474 g/mol. The summed E-state index contributed by atoms with van der Waals surface area (Å²) in [6.45, 7) is 0.790. The number of rotatable bonds is 8. The van der Waals surface area contributed by atoms with Crippen molar-refractivity contribution in [1.29, 1.82) is 0 Å². The molecular weight excluding hydrogens is 453 g/mol. The number of nitrogens with two attached hydrogens (primary N) is 2. The third-order valence-corrected chi connectivity index (χ3v) is 6.48. The van der Waals surface area contributed by atoms with Crippen LogP contribution in [0.25, 0.3) is 0 Å². The van der Waals surface area contributed by atoms with E-state index in [9.17, 15) is 14.4 Å². The molecule has 11 heteroatoms. The van der Waals surface area contributed by atoms with E-state index in [2.05, 4.69) is 10.6 Å². The number of carbonyl (C=O) groups excluding carboxylic acids is 3. The third-order valence-electron chi connectivity index (χ3n) is 5.32. The zero-order chi connectivity index (χ0) is 22.1. The molecule has 162 valence electrons. The molecule has 2 aliphatic rings. The minimum atomic E-state index is -0.795. The Morgan fingerprint density at radius 3 is 2.63 bits per heavy atom. The van der Waals surface area contributed by atoms with Crippen LogP contribution in [0.4, 0.5) is 5.69 Å². The largest absolute Gasteiger partial charge is 0.375 e. The van der Waals surface area contributed by atoms with Crippen LogP contribution in [0, 0.1) is 5.92 Å². The molecule has 0 unspecified atom stereocenters. The summed E-state index contributed by atoms with van der Waals surface area (Å²) in [6.07, 6.45) is 1.96. The van der Waals surface area contributed by atoms with E-state index >= 15 is 0 Å². The molecule has 8 nitrogen and oxygen atoms in total. The van der Waals surface area contributed by atoms with E-state index in [0.29, 0.717) is 42.2 Å². The zero-order valence-electron chi connectivity index (χ0n) is 16.1. The molecule has 3 rings (SSSR count). The lowest BCUT2D eigenvalue weighted by Crippen LogP contribution is -2.49. The number of alkyl halides is 2. The average Bonchev–Trinajstić information content (AvgIpc) is 3.07. The molecule has 1 saturated carbocycles. The first-order chi connectivity index (χ1) is 14.1. The van der Waals surface area contributed by atoms with E-state index in [0.717, 1.165) is 6.42 Å². The number of primary amides is 1. The van der Waals surface area contributed by atoms with Crippen molar-refractivity contribution in [3.63, 3.8) is 0 Å². The van der Waals surface area contributed by atoms with Gasteiger partial charge < -0.3 is 21.3 Å². The number of hydrogen-bond donors (Lipinski definition) is 4. The lowest BCUT2D eigenvalue weighted by Gasteiger charge is -2.24. The van der Waals surface area contributed by atoms with E-state index in [1.54, 1.807) is 17.0 Å². The van der Waals surface area contributed by atoms with Crippen molar-refractivity contribution >= 4 is 63.9 Å². The zero-order valence-corrected chi connectivity index (χ0v) is 18.4. The summed E-state index contributed by atoms with van der Waals surface area (Å²) in [4.78, 5) is 38.3. The average molecular weight is 476 g/mol. The van der Waals surface area contributed by atoms with Gasteiger partial charge in [0.15, 0.2) is 0 Å². The van der Waals surface area contributed by atoms with Crippen molar-refractivity contribution in [3.05, 3.63) is 28.8 Å². The van der Waals surface area contributed by atoms with Crippen molar-refractivity contribution in [2.45, 2.75) is 29.6 Å². The van der Waals surface area contributed by atoms with Crippen molar-refractivity contribution in [2.24, 2.45) is 11.7 Å². The Kier molecular flexibility index (Phi) is 6.79. The number of likely N-dealkylation sites (tertiary alicyclic amines) is 1. The number of nitrogens with one attached hydrogen (secondary N) is 2. The minimum Gasteiger partial charge on any atom is -0.375 e. The molecule has 1 aromatic rings. The van der Waals surface area contributed by atoms with Crippen LogP contribution >= 0.6 is 34.8 Å². The molecule has 2 fully saturated rings. The van der Waals surface area contributed by atoms with Crippen LogP contribution in [0.15, 0.2) is 18.2 Å². The maximum Gasteiger partial charge on any atom is 0.313 e. The maximum atomic E-state index is 12.8. The summed E-state index contributed by atoms with van der Waals surface area (Å²) in [5, 5.41) is 11.9. The molecule has 1 saturated heterocycles. The molecule has 3 amide bonds. The number of benzene rings is 1. The fraction of sp³-hybridized carbons (Fsp3) is 0.474. The van der Waals surface area contributed by atoms with Gasteiger partial charge in [0.25, 0.3) is 5.71 Å². The molecular formula is C19H23Cl3N5O3+. The smallest absolute Gasteiger partial charge is 0.313 e. The van der Waals surface area contributed by atoms with Crippen molar-refractivity contribution in [2.75, 3.05) is 25.0 Å². The van der Waals surface area contributed by atoms with Crippen LogP contribution in [-0.4, -0.2) is 58.3 Å². The fourth-order valence-corrected chi connectivity index (χ4v) is 4.17. The highest BCUT2D eigenvalue weighted by Gasteiger charge is 2.51. The highest BCUT2D eigenvalue weighted by atomic mass is 35.5. The second-order valence-electron chi connectivity index (χ2n) is 7.47. The first-order valence-electron chi connectivity index (χ1n) is 9.51. The van der Waals surface area contributed by atoms with E-state index < -0.39 is 16.3 Å². The molecule has 30 heavy (non-hydrogen) atoms. The topological polar surface area (TPSA) is 130 Å². The molecule has 0 aromatic heterocycles. The van der Waals surface area contributed by atoms with Gasteiger partial charge in [-0.25, -0.2) is 5.41 Å². The molecule has 1 aliphatic carbocycles. The van der Waals surface area contributed by atoms with Crippen LogP contribution in [-0.2, 0) is 14.4 Å². The van der Waals surface area contributed by atoms with Crippen molar-refractivity contribution in [3.8, 4) is 0 Å². The SMILES string of the molecule is NC(=O)C(=[NH2+])c1cc(Cl)ccc1NCC(=O)N1CCC[C@H]1C(=O)NC[C@H]1CC1(Cl)Cl. The molecule has 1 aromatic carbocycles. The summed E-state index contributed by atoms with van der Waals surface area (Å²) in [5.41, 5.74) is 5.85. The summed E-state index contributed by atoms with van der Waals surface area (Å²) in [7, 11) is 0. The standard InChI is InChI=1S/C19H22Cl3N5O3/c20-11-3-4-13(12(6-11)16(23)17(24)29)25-9-15(28)27-5-1-2-14(27)18(30)26-8-10-7-19(10,21)22/h3-4,6,10,14,23,25H,1-2,5,7-9H2,(H2,24,29)(H,26,30)/p+1/t10-,14+/m1/s1. The quantitative estimate of drug-likeness (QED) is 0.313. The first-order valence-corrected chi connectivity index (χ1v) is 10.6. The highest BCUT2D eigenvalue weighted by Crippen LogP contribution is 2.52. The number of carbonyl (C=O) groups is 3. The molecule has 0 bridgehead atoms. The minimum absolute atomic E-state index is 0.0345. The van der Waals surface area contributed by atoms with Crippen molar-refractivity contribution in [1.82, 2.24) is 10.2 Å². The van der Waals surface area contributed by atoms with Crippen LogP contribution in [0.2, 0.25) is 5.02 Å². The van der Waals surface area contributed by atoms with Gasteiger partial charge >= 0.3 is 5.91 Å². The van der Waals surface area contributed by atoms with Crippen LogP contribution in [0.5, 0.6) is 0 Å². The van der Waals surface area contributed by atoms with Gasteiger partial charge in [0, 0.05) is 29.7 Å². The summed E-state index contributed by atoms with van der Waals surface area (Å²) in [5.74, 6) is -1.22. The van der Waals surface area contributed by atoms with E-state index in [-0.39, 0.29) is 30.0 Å². The second kappa shape index (κ2) is 8.99. The Balaban J connectivity index is 1.60. The normalized spacial score (nSPS) is 21.8. The van der Waals surface area contributed by atoms with Crippen molar-refractivity contribution < 1.29 is 19.8 Å². The summed E-state index contributed by atoms with van der Waals surface area (Å²) < 4.78 is -0.761. The van der Waals surface area contributed by atoms with E-state index in [1.807, 2.05) is 0 Å². The van der Waals surface area contributed by atoms with Crippen LogP contribution < -0.4 is 21.8 Å².